The highest BCUT2D eigenvalue weighted by Gasteiger charge is 2.29. The van der Waals surface area contributed by atoms with Gasteiger partial charge in [0.25, 0.3) is 0 Å². The van der Waals surface area contributed by atoms with Crippen LogP contribution in [0.25, 0.3) is 0 Å². The van der Waals surface area contributed by atoms with E-state index in [0.717, 1.165) is 25.9 Å². The molecule has 8 N–H and O–H groups in total. The van der Waals surface area contributed by atoms with Crippen molar-refractivity contribution in [3.63, 3.8) is 0 Å². The molecule has 3 saturated heterocycles. The molecular weight excluding hydrogens is 396 g/mol. The van der Waals surface area contributed by atoms with Crippen molar-refractivity contribution >= 4 is 30.3 Å². The molecule has 4 rings (SSSR count). The minimum atomic E-state index is 0. The van der Waals surface area contributed by atoms with Crippen LogP contribution in [-0.2, 0) is 4.74 Å². The average molecular weight is 429 g/mol. The fourth-order valence-electron chi connectivity index (χ4n) is 4.21. The fourth-order valence-corrected chi connectivity index (χ4v) is 4.21. The van der Waals surface area contributed by atoms with E-state index in [1.807, 2.05) is 0 Å². The summed E-state index contributed by atoms with van der Waals surface area (Å²) in [6, 6.07) is 0.0283. The van der Waals surface area contributed by atoms with Crippen LogP contribution < -0.4 is 37.6 Å². The lowest BCUT2D eigenvalue weighted by Crippen LogP contribution is -2.54. The standard InChI is InChI=1S/C17H32N10O.ClH/c18-11-5-12(19)8-26(7-11)16-22-15(25-1-3-28-4-2-25)23-17(24-16)27-9-13(20)6-14(21)10-27;/h11-14H,1-10,18-21H2;1H/t11-,12+,13-,14+;. The molecule has 0 unspecified atom stereocenters. The molecular formula is C17H33ClN10O. The van der Waals surface area contributed by atoms with Gasteiger partial charge < -0.3 is 42.4 Å². The van der Waals surface area contributed by atoms with E-state index >= 15 is 0 Å². The molecule has 11 nitrogen and oxygen atoms in total. The molecule has 0 bridgehead atoms. The number of hydrogen-bond donors (Lipinski definition) is 4. The first-order valence-corrected chi connectivity index (χ1v) is 10.1. The van der Waals surface area contributed by atoms with Crippen LogP contribution in [0.4, 0.5) is 17.8 Å². The van der Waals surface area contributed by atoms with E-state index in [9.17, 15) is 0 Å². The highest BCUT2D eigenvalue weighted by molar-refractivity contribution is 5.85. The Morgan fingerprint density at radius 1 is 0.621 bits per heavy atom. The zero-order valence-electron chi connectivity index (χ0n) is 16.7. The number of ether oxygens (including phenoxy) is 1. The van der Waals surface area contributed by atoms with Gasteiger partial charge >= 0.3 is 0 Å². The normalized spacial score (nSPS) is 30.8. The second-order valence-electron chi connectivity index (χ2n) is 8.16. The first-order chi connectivity index (χ1) is 13.5. The predicted molar refractivity (Wildman–Crippen MR) is 116 cm³/mol. The molecule has 0 radical (unpaired) electrons. The number of nitrogens with zero attached hydrogens (tertiary/aromatic N) is 6. The molecule has 3 aliphatic rings. The number of anilines is 3. The van der Waals surface area contributed by atoms with Crippen molar-refractivity contribution in [1.82, 2.24) is 15.0 Å². The maximum Gasteiger partial charge on any atom is 0.232 e. The monoisotopic (exact) mass is 428 g/mol. The second-order valence-corrected chi connectivity index (χ2v) is 8.16. The van der Waals surface area contributed by atoms with Gasteiger partial charge in [0.2, 0.25) is 17.8 Å². The van der Waals surface area contributed by atoms with Gasteiger partial charge in [-0.05, 0) is 12.8 Å². The molecule has 29 heavy (non-hydrogen) atoms. The Bertz CT molecular complexity index is 611. The Kier molecular flexibility index (Phi) is 7.30. The average Bonchev–Trinajstić information content (AvgIpc) is 2.67. The Balaban J connectivity index is 0.00000240. The molecule has 3 fully saturated rings. The van der Waals surface area contributed by atoms with Crippen LogP contribution in [0, 0.1) is 0 Å². The van der Waals surface area contributed by atoms with Crippen LogP contribution in [0.1, 0.15) is 12.8 Å². The predicted octanol–water partition coefficient (Wildman–Crippen LogP) is -2.14. The van der Waals surface area contributed by atoms with E-state index in [1.54, 1.807) is 0 Å². The Morgan fingerprint density at radius 2 is 0.966 bits per heavy atom. The Labute approximate surface area is 177 Å². The summed E-state index contributed by atoms with van der Waals surface area (Å²) in [7, 11) is 0. The first kappa shape index (κ1) is 22.2. The van der Waals surface area contributed by atoms with Crippen LogP contribution in [0.2, 0.25) is 0 Å². The van der Waals surface area contributed by atoms with Gasteiger partial charge in [-0.2, -0.15) is 15.0 Å². The van der Waals surface area contributed by atoms with Crippen LogP contribution in [0.5, 0.6) is 0 Å². The van der Waals surface area contributed by atoms with Gasteiger partial charge in [0, 0.05) is 63.4 Å². The topological polar surface area (TPSA) is 162 Å². The molecule has 1 aromatic heterocycles. The van der Waals surface area contributed by atoms with Gasteiger partial charge in [-0.25, -0.2) is 0 Å². The zero-order valence-corrected chi connectivity index (χ0v) is 17.5. The summed E-state index contributed by atoms with van der Waals surface area (Å²) >= 11 is 0. The summed E-state index contributed by atoms with van der Waals surface area (Å²) < 4.78 is 5.47. The quantitative estimate of drug-likeness (QED) is 0.415. The van der Waals surface area contributed by atoms with Crippen molar-refractivity contribution < 1.29 is 4.74 Å². The van der Waals surface area contributed by atoms with E-state index in [-0.39, 0.29) is 36.6 Å². The third-order valence-corrected chi connectivity index (χ3v) is 5.49. The molecule has 0 amide bonds. The van der Waals surface area contributed by atoms with Gasteiger partial charge in [-0.1, -0.05) is 0 Å². The number of rotatable bonds is 3. The highest BCUT2D eigenvalue weighted by Crippen LogP contribution is 2.24. The molecule has 0 spiro atoms. The first-order valence-electron chi connectivity index (χ1n) is 10.1. The lowest BCUT2D eigenvalue weighted by Gasteiger charge is -2.37. The van der Waals surface area contributed by atoms with Crippen molar-refractivity contribution in [1.29, 1.82) is 0 Å². The van der Waals surface area contributed by atoms with Crippen molar-refractivity contribution in [3.05, 3.63) is 0 Å². The molecule has 0 saturated carbocycles. The van der Waals surface area contributed by atoms with Crippen molar-refractivity contribution in [2.45, 2.75) is 37.0 Å². The van der Waals surface area contributed by atoms with Crippen LogP contribution >= 0.6 is 12.4 Å². The van der Waals surface area contributed by atoms with Crippen LogP contribution in [-0.4, -0.2) is 91.6 Å². The maximum absolute atomic E-state index is 6.19. The molecule has 0 aromatic carbocycles. The summed E-state index contributed by atoms with van der Waals surface area (Å²) in [5.74, 6) is 1.89. The minimum absolute atomic E-state index is 0. The molecule has 164 valence electrons. The van der Waals surface area contributed by atoms with E-state index in [4.69, 9.17) is 42.6 Å². The Morgan fingerprint density at radius 3 is 1.34 bits per heavy atom. The van der Waals surface area contributed by atoms with Crippen LogP contribution in [0.3, 0.4) is 0 Å². The van der Waals surface area contributed by atoms with Gasteiger partial charge in [0.05, 0.1) is 13.2 Å². The van der Waals surface area contributed by atoms with Gasteiger partial charge in [-0.15, -0.1) is 12.4 Å². The second kappa shape index (κ2) is 9.54. The summed E-state index contributed by atoms with van der Waals surface area (Å²) in [5, 5.41) is 0. The highest BCUT2D eigenvalue weighted by atomic mass is 35.5. The number of piperidine rings is 2. The fraction of sp³-hybridized carbons (Fsp3) is 0.824. The van der Waals surface area contributed by atoms with Crippen molar-refractivity contribution in [3.8, 4) is 0 Å². The molecule has 0 aliphatic carbocycles. The van der Waals surface area contributed by atoms with Gasteiger partial charge in [0.15, 0.2) is 0 Å². The number of nitrogens with two attached hydrogens (primary N) is 4. The lowest BCUT2D eigenvalue weighted by molar-refractivity contribution is 0.122. The Hall–Kier alpha value is -1.50. The number of halogens is 1. The number of aromatic nitrogens is 3. The van der Waals surface area contributed by atoms with Gasteiger partial charge in [0.1, 0.15) is 0 Å². The van der Waals surface area contributed by atoms with Crippen LogP contribution in [0.15, 0.2) is 0 Å². The molecule has 12 heteroatoms. The molecule has 4 heterocycles. The zero-order chi connectivity index (χ0) is 19.7. The minimum Gasteiger partial charge on any atom is -0.378 e. The van der Waals surface area contributed by atoms with Crippen molar-refractivity contribution in [2.24, 2.45) is 22.9 Å². The number of hydrogen-bond acceptors (Lipinski definition) is 11. The van der Waals surface area contributed by atoms with E-state index in [0.29, 0.717) is 57.2 Å². The summed E-state index contributed by atoms with van der Waals surface area (Å²) in [6.07, 6.45) is 1.61. The number of morpholine rings is 1. The molecule has 1 aromatic rings. The SMILES string of the molecule is Cl.N[C@@H]1C[C@H](N)CN(c2nc(N3CCOCC3)nc(N3C[C@H](N)C[C@H](N)C3)n2)C1. The molecule has 4 atom stereocenters. The van der Waals surface area contributed by atoms with E-state index in [2.05, 4.69) is 14.7 Å². The van der Waals surface area contributed by atoms with E-state index < -0.39 is 0 Å². The van der Waals surface area contributed by atoms with E-state index in [1.165, 1.54) is 0 Å². The van der Waals surface area contributed by atoms with Crippen molar-refractivity contribution in [2.75, 3.05) is 67.2 Å². The lowest BCUT2D eigenvalue weighted by atomic mass is 10.0. The molecule has 3 aliphatic heterocycles. The van der Waals surface area contributed by atoms with Gasteiger partial charge in [-0.3, -0.25) is 0 Å². The third kappa shape index (κ3) is 5.36. The smallest absolute Gasteiger partial charge is 0.232 e. The summed E-state index contributed by atoms with van der Waals surface area (Å²) in [4.78, 5) is 20.5. The maximum atomic E-state index is 6.19. The third-order valence-electron chi connectivity index (χ3n) is 5.49. The largest absolute Gasteiger partial charge is 0.378 e. The summed E-state index contributed by atoms with van der Waals surface area (Å²) in [6.45, 7) is 5.54. The summed E-state index contributed by atoms with van der Waals surface area (Å²) in [5.41, 5.74) is 24.8.